The Balaban J connectivity index is 3.24. The molecule has 0 unspecified atom stereocenters. The summed E-state index contributed by atoms with van der Waals surface area (Å²) in [6.45, 7) is 19.1. The number of nitrogens with one attached hydrogen (secondary N) is 4. The van der Waals surface area contributed by atoms with Crippen LogP contribution < -0.4 is 18.6 Å². The van der Waals surface area contributed by atoms with Crippen LogP contribution in [0, 0.1) is 0 Å². The first-order chi connectivity index (χ1) is 11.1. The van der Waals surface area contributed by atoms with E-state index in [2.05, 4.69) is 44.8 Å². The van der Waals surface area contributed by atoms with Gasteiger partial charge in [0.2, 0.25) is 0 Å². The predicted octanol–water partition coefficient (Wildman–Crippen LogP) is 0.779. The summed E-state index contributed by atoms with van der Waals surface area (Å²) in [5.41, 5.74) is 0. The van der Waals surface area contributed by atoms with Crippen molar-refractivity contribution in [2.45, 2.75) is 53.9 Å². The zero-order valence-corrected chi connectivity index (χ0v) is 20.5. The lowest BCUT2D eigenvalue weighted by Crippen LogP contribution is -2.92. The fourth-order valence-electron chi connectivity index (χ4n) is 3.39. The van der Waals surface area contributed by atoms with Gasteiger partial charge in [-0.2, -0.15) is 0 Å². The molecule has 144 valence electrons. The van der Waals surface area contributed by atoms with Gasteiger partial charge >= 0.3 is 34.6 Å². The van der Waals surface area contributed by atoms with E-state index in [1.807, 2.05) is 27.7 Å². The first kappa shape index (κ1) is 22.6. The summed E-state index contributed by atoms with van der Waals surface area (Å²) < 4.78 is 39.4. The minimum atomic E-state index is -2.43. The summed E-state index contributed by atoms with van der Waals surface area (Å²) in [6, 6.07) is 0. The van der Waals surface area contributed by atoms with Crippen LogP contribution in [0.3, 0.4) is 0 Å². The third-order valence-corrected chi connectivity index (χ3v) is 22.4. The van der Waals surface area contributed by atoms with E-state index in [9.17, 15) is 0 Å². The second-order valence-corrected chi connectivity index (χ2v) is 19.8. The molecule has 1 saturated heterocycles. The van der Waals surface area contributed by atoms with Gasteiger partial charge in [0, 0.05) is 26.4 Å². The van der Waals surface area contributed by atoms with Crippen LogP contribution in [0.4, 0.5) is 0 Å². The van der Waals surface area contributed by atoms with Gasteiger partial charge in [-0.15, -0.1) is 0 Å². The molecule has 1 heterocycles. The van der Waals surface area contributed by atoms with E-state index in [1.54, 1.807) is 0 Å². The molecule has 1 rings (SSSR count). The van der Waals surface area contributed by atoms with Crippen LogP contribution in [0.25, 0.3) is 0 Å². The van der Waals surface area contributed by atoms with E-state index in [4.69, 9.17) is 17.7 Å². The Bertz CT molecular complexity index is 327. The van der Waals surface area contributed by atoms with Gasteiger partial charge in [0.1, 0.15) is 0 Å². The van der Waals surface area contributed by atoms with Gasteiger partial charge in [-0.25, -0.2) is 0 Å². The highest BCUT2D eigenvalue weighted by Crippen LogP contribution is 2.16. The van der Waals surface area contributed by atoms with Crippen LogP contribution >= 0.6 is 0 Å². The molecule has 0 saturated carbocycles. The van der Waals surface area contributed by atoms with Crippen molar-refractivity contribution in [1.82, 2.24) is 18.6 Å². The number of rotatable bonds is 8. The summed E-state index contributed by atoms with van der Waals surface area (Å²) in [4.78, 5) is 0. The third kappa shape index (κ3) is 6.37. The molecule has 24 heavy (non-hydrogen) atoms. The highest BCUT2D eigenvalue weighted by molar-refractivity contribution is 7.00. The average Bonchev–Trinajstić information content (AvgIpc) is 2.35. The molecular weight excluding hydrogens is 377 g/mol. The molecule has 1 aliphatic rings. The van der Waals surface area contributed by atoms with Gasteiger partial charge in [0.25, 0.3) is 0 Å². The molecule has 8 nitrogen and oxygen atoms in total. The Morgan fingerprint density at radius 2 is 0.625 bits per heavy atom. The number of hydrogen-bond donors (Lipinski definition) is 4. The maximum Gasteiger partial charge on any atom is 0.340 e. The topological polar surface area (TPSA) is 85.0 Å². The molecule has 0 aliphatic carbocycles. The molecule has 0 spiro atoms. The molecule has 0 atom stereocenters. The predicted molar refractivity (Wildman–Crippen MR) is 106 cm³/mol. The first-order valence-corrected chi connectivity index (χ1v) is 18.4. The number of hydrogen-bond acceptors (Lipinski definition) is 8. The van der Waals surface area contributed by atoms with Gasteiger partial charge < -0.3 is 17.7 Å². The molecule has 0 aromatic carbocycles. The minimum absolute atomic E-state index is 0.635. The van der Waals surface area contributed by atoms with E-state index in [0.29, 0.717) is 26.4 Å². The lowest BCUT2D eigenvalue weighted by atomic mass is 10.9. The van der Waals surface area contributed by atoms with Crippen molar-refractivity contribution in [3.05, 3.63) is 0 Å². The Morgan fingerprint density at radius 1 is 0.458 bits per heavy atom. The van der Waals surface area contributed by atoms with Crippen LogP contribution in [0.1, 0.15) is 27.7 Å². The van der Waals surface area contributed by atoms with Crippen LogP contribution in [0.2, 0.25) is 26.2 Å². The molecular formula is C12H36N4O4Si4. The highest BCUT2D eigenvalue weighted by Gasteiger charge is 2.56. The van der Waals surface area contributed by atoms with Crippen molar-refractivity contribution < 1.29 is 17.7 Å². The zero-order chi connectivity index (χ0) is 18.5. The summed E-state index contributed by atoms with van der Waals surface area (Å²) in [6.07, 6.45) is 0. The van der Waals surface area contributed by atoms with Crippen LogP contribution in [0.15, 0.2) is 0 Å². The molecule has 4 N–H and O–H groups in total. The van der Waals surface area contributed by atoms with E-state index in [1.165, 1.54) is 0 Å². The monoisotopic (exact) mass is 412 g/mol. The largest absolute Gasteiger partial charge is 0.393 e. The Labute approximate surface area is 151 Å². The zero-order valence-electron chi connectivity index (χ0n) is 16.5. The van der Waals surface area contributed by atoms with Gasteiger partial charge in [-0.1, -0.05) is 0 Å². The molecule has 1 aliphatic heterocycles. The SMILES string of the molecule is CCO[Si]1(C)N[Si](C)(OCC)N[Si](C)(OCC)N[Si](C)(OCC)N1. The first-order valence-electron chi connectivity index (χ1n) is 8.80. The van der Waals surface area contributed by atoms with Crippen molar-refractivity contribution >= 4 is 34.6 Å². The van der Waals surface area contributed by atoms with E-state index in [0.717, 1.165) is 0 Å². The van der Waals surface area contributed by atoms with Crippen molar-refractivity contribution in [2.24, 2.45) is 0 Å². The molecule has 0 aromatic rings. The van der Waals surface area contributed by atoms with Crippen LogP contribution in [-0.2, 0) is 17.7 Å². The molecule has 12 heteroatoms. The third-order valence-electron chi connectivity index (χ3n) is 3.64. The lowest BCUT2D eigenvalue weighted by Gasteiger charge is -2.49. The van der Waals surface area contributed by atoms with Crippen LogP contribution in [-0.4, -0.2) is 61.0 Å². The quantitative estimate of drug-likeness (QED) is 0.435. The van der Waals surface area contributed by atoms with E-state index < -0.39 is 34.6 Å². The fourth-order valence-corrected chi connectivity index (χ4v) is 25.8. The molecule has 1 fully saturated rings. The molecule has 0 aromatic heterocycles. The van der Waals surface area contributed by atoms with Gasteiger partial charge in [-0.05, 0) is 53.9 Å². The Kier molecular flexibility index (Phi) is 8.44. The second-order valence-electron chi connectivity index (χ2n) is 6.37. The smallest absolute Gasteiger partial charge is 0.340 e. The highest BCUT2D eigenvalue weighted by atomic mass is 28.5. The fraction of sp³-hybridized carbons (Fsp3) is 1.00. The van der Waals surface area contributed by atoms with Crippen LogP contribution in [0.5, 0.6) is 0 Å². The van der Waals surface area contributed by atoms with Crippen molar-refractivity contribution in [1.29, 1.82) is 0 Å². The summed E-state index contributed by atoms with van der Waals surface area (Å²) in [5.74, 6) is 0. The normalized spacial score (nSPS) is 41.0. The second kappa shape index (κ2) is 8.96. The Morgan fingerprint density at radius 3 is 0.750 bits per heavy atom. The molecule has 0 bridgehead atoms. The Hall–Kier alpha value is 0.548. The van der Waals surface area contributed by atoms with E-state index >= 15 is 0 Å². The maximum absolute atomic E-state index is 6.14. The average molecular weight is 413 g/mol. The summed E-state index contributed by atoms with van der Waals surface area (Å²) >= 11 is 0. The summed E-state index contributed by atoms with van der Waals surface area (Å²) in [5, 5.41) is 0. The van der Waals surface area contributed by atoms with Gasteiger partial charge in [0.15, 0.2) is 0 Å². The van der Waals surface area contributed by atoms with Gasteiger partial charge in [0.05, 0.1) is 0 Å². The van der Waals surface area contributed by atoms with E-state index in [-0.39, 0.29) is 0 Å². The maximum atomic E-state index is 6.14. The summed E-state index contributed by atoms with van der Waals surface area (Å²) in [7, 11) is -9.74. The molecule has 0 amide bonds. The minimum Gasteiger partial charge on any atom is -0.393 e. The van der Waals surface area contributed by atoms with Crippen molar-refractivity contribution in [3.63, 3.8) is 0 Å². The van der Waals surface area contributed by atoms with Gasteiger partial charge in [-0.3, -0.25) is 18.6 Å². The molecule has 0 radical (unpaired) electrons. The standard InChI is InChI=1S/C12H36N4O4Si4/c1-9-17-21(5)13-22(6,18-10-2)15-24(8,20-12-4)16-23(7,14-21)19-11-3/h13-16H,9-12H2,1-8H3. The van der Waals surface area contributed by atoms with Crippen molar-refractivity contribution in [3.8, 4) is 0 Å². The lowest BCUT2D eigenvalue weighted by molar-refractivity contribution is 0.264. The van der Waals surface area contributed by atoms with Crippen molar-refractivity contribution in [2.75, 3.05) is 26.4 Å².